The first-order valence-electron chi connectivity index (χ1n) is 10.3. The molecule has 0 aliphatic heterocycles. The number of allylic oxidation sites excluding steroid dienone is 2. The van der Waals surface area contributed by atoms with Crippen LogP contribution in [-0.2, 0) is 14.3 Å². The summed E-state index contributed by atoms with van der Waals surface area (Å²) >= 11 is 1.24. The van der Waals surface area contributed by atoms with Crippen molar-refractivity contribution in [2.24, 2.45) is 11.8 Å². The van der Waals surface area contributed by atoms with Crippen LogP contribution >= 0.6 is 11.3 Å². The molecule has 7 heteroatoms. The first-order chi connectivity index (χ1) is 14.7. The molecule has 0 fully saturated rings. The fraction of sp³-hybridized carbons (Fsp3) is 0.375. The van der Waals surface area contributed by atoms with Crippen molar-refractivity contribution in [3.05, 3.63) is 52.4 Å². The number of benzene rings is 1. The summed E-state index contributed by atoms with van der Waals surface area (Å²) in [7, 11) is 0. The number of ether oxygens (including phenoxy) is 1. The fourth-order valence-corrected chi connectivity index (χ4v) is 4.77. The molecule has 164 valence electrons. The van der Waals surface area contributed by atoms with E-state index < -0.39 is 29.7 Å². The van der Waals surface area contributed by atoms with E-state index in [1.807, 2.05) is 43.5 Å². The molecule has 3 rings (SSSR count). The highest BCUT2D eigenvalue weighted by atomic mass is 32.1. The monoisotopic (exact) mass is 441 g/mol. The molecule has 31 heavy (non-hydrogen) atoms. The largest absolute Gasteiger partial charge is 0.481 e. The summed E-state index contributed by atoms with van der Waals surface area (Å²) in [4.78, 5) is 37.5. The lowest BCUT2D eigenvalue weighted by atomic mass is 9.82. The molecule has 1 aliphatic rings. The van der Waals surface area contributed by atoms with Gasteiger partial charge in [-0.2, -0.15) is 0 Å². The van der Waals surface area contributed by atoms with Crippen LogP contribution in [0.25, 0.3) is 11.1 Å². The van der Waals surface area contributed by atoms with E-state index in [1.54, 1.807) is 19.9 Å². The molecule has 6 nitrogen and oxygen atoms in total. The number of nitrogens with one attached hydrogen (secondary N) is 1. The molecule has 0 bridgehead atoms. The number of hydrogen-bond donors (Lipinski definition) is 2. The molecule has 1 heterocycles. The van der Waals surface area contributed by atoms with Gasteiger partial charge in [-0.1, -0.05) is 35.9 Å². The van der Waals surface area contributed by atoms with Crippen molar-refractivity contribution in [3.63, 3.8) is 0 Å². The van der Waals surface area contributed by atoms with E-state index in [-0.39, 0.29) is 6.10 Å². The third-order valence-corrected chi connectivity index (χ3v) is 6.23. The summed E-state index contributed by atoms with van der Waals surface area (Å²) in [6.45, 7) is 7.51. The number of aryl methyl sites for hydroxylation is 2. The van der Waals surface area contributed by atoms with Gasteiger partial charge in [0.2, 0.25) is 5.91 Å². The highest BCUT2D eigenvalue weighted by Gasteiger charge is 2.35. The Morgan fingerprint density at radius 3 is 2.39 bits per heavy atom. The lowest BCUT2D eigenvalue weighted by Gasteiger charge is -2.24. The van der Waals surface area contributed by atoms with Crippen LogP contribution in [0.15, 0.2) is 35.7 Å². The first-order valence-corrected chi connectivity index (χ1v) is 11.2. The summed E-state index contributed by atoms with van der Waals surface area (Å²) in [6.07, 6.45) is 3.96. The van der Waals surface area contributed by atoms with Gasteiger partial charge < -0.3 is 15.2 Å². The maximum atomic E-state index is 13.0. The Balaban J connectivity index is 1.99. The molecule has 2 aromatic rings. The number of rotatable bonds is 6. The number of thiophene rings is 1. The predicted molar refractivity (Wildman–Crippen MR) is 121 cm³/mol. The second-order valence-electron chi connectivity index (χ2n) is 8.11. The van der Waals surface area contributed by atoms with Crippen molar-refractivity contribution in [2.75, 3.05) is 5.32 Å². The van der Waals surface area contributed by atoms with Crippen LogP contribution in [0.2, 0.25) is 0 Å². The summed E-state index contributed by atoms with van der Waals surface area (Å²) in [5.74, 6) is -3.38. The van der Waals surface area contributed by atoms with E-state index in [0.29, 0.717) is 29.0 Å². The van der Waals surface area contributed by atoms with Gasteiger partial charge in [0.05, 0.1) is 17.9 Å². The van der Waals surface area contributed by atoms with Crippen molar-refractivity contribution >= 4 is 34.2 Å². The number of carbonyl (C=O) groups excluding carboxylic acids is 2. The van der Waals surface area contributed by atoms with Crippen LogP contribution < -0.4 is 5.32 Å². The lowest BCUT2D eigenvalue weighted by Crippen LogP contribution is -2.34. The van der Waals surface area contributed by atoms with Gasteiger partial charge in [-0.15, -0.1) is 11.3 Å². The average Bonchev–Trinajstić information content (AvgIpc) is 3.10. The third-order valence-electron chi connectivity index (χ3n) is 5.33. The Bertz CT molecular complexity index is 1040. The molecular formula is C24H27NO5S. The zero-order valence-corrected chi connectivity index (χ0v) is 18.9. The van der Waals surface area contributed by atoms with Crippen LogP contribution in [0.4, 0.5) is 5.00 Å². The van der Waals surface area contributed by atoms with Crippen LogP contribution in [-0.4, -0.2) is 29.1 Å². The number of hydrogen-bond acceptors (Lipinski definition) is 5. The number of carboxylic acids is 1. The quantitative estimate of drug-likeness (QED) is 0.475. The standard InChI is InChI=1S/C24H27NO5S/c1-13(2)30-24(29)20-19(16-10-9-14(3)11-15(16)4)12-31-22(20)25-21(26)17-7-5-6-8-18(17)23(27)28/h5-6,9-13,17-18H,7-8H2,1-4H3,(H,25,26)(H,27,28)/t17-,18+/m1/s1. The molecule has 1 aromatic heterocycles. The Kier molecular flexibility index (Phi) is 6.95. The summed E-state index contributed by atoms with van der Waals surface area (Å²) in [5, 5.41) is 14.5. The minimum Gasteiger partial charge on any atom is -0.481 e. The molecular weight excluding hydrogens is 414 g/mol. The first kappa shape index (κ1) is 22.7. The van der Waals surface area contributed by atoms with Gasteiger partial charge in [-0.05, 0) is 51.7 Å². The number of aliphatic carboxylic acids is 1. The van der Waals surface area contributed by atoms with Crippen LogP contribution in [0.1, 0.15) is 48.2 Å². The zero-order chi connectivity index (χ0) is 22.7. The Hall–Kier alpha value is -2.93. The van der Waals surface area contributed by atoms with Gasteiger partial charge in [-0.25, -0.2) is 4.79 Å². The normalized spacial score (nSPS) is 18.1. The molecule has 1 aliphatic carbocycles. The van der Waals surface area contributed by atoms with Crippen molar-refractivity contribution in [1.82, 2.24) is 0 Å². The number of amides is 1. The third kappa shape index (κ3) is 5.05. The van der Waals surface area contributed by atoms with E-state index in [2.05, 4.69) is 5.32 Å². The van der Waals surface area contributed by atoms with Gasteiger partial charge in [-0.3, -0.25) is 9.59 Å². The SMILES string of the molecule is Cc1ccc(-c2csc(NC(=O)[C@@H]3CC=CC[C@@H]3C(=O)O)c2C(=O)OC(C)C)c(C)c1. The number of carbonyl (C=O) groups is 3. The summed E-state index contributed by atoms with van der Waals surface area (Å²) < 4.78 is 5.46. The van der Waals surface area contributed by atoms with E-state index in [4.69, 9.17) is 4.74 Å². The zero-order valence-electron chi connectivity index (χ0n) is 18.1. The Morgan fingerprint density at radius 1 is 1.10 bits per heavy atom. The minimum absolute atomic E-state index is 0.303. The second kappa shape index (κ2) is 9.47. The highest BCUT2D eigenvalue weighted by Crippen LogP contribution is 2.39. The van der Waals surface area contributed by atoms with Crippen LogP contribution in [0, 0.1) is 25.7 Å². The average molecular weight is 442 g/mol. The molecule has 0 spiro atoms. The minimum atomic E-state index is -0.994. The lowest BCUT2D eigenvalue weighted by molar-refractivity contribution is -0.146. The summed E-state index contributed by atoms with van der Waals surface area (Å²) in [5.41, 5.74) is 4.01. The predicted octanol–water partition coefficient (Wildman–Crippen LogP) is 5.20. The van der Waals surface area contributed by atoms with Crippen molar-refractivity contribution in [3.8, 4) is 11.1 Å². The molecule has 0 unspecified atom stereocenters. The number of carboxylic acid groups (broad SMARTS) is 1. The van der Waals surface area contributed by atoms with Gasteiger partial charge in [0.25, 0.3) is 0 Å². The van der Waals surface area contributed by atoms with E-state index in [9.17, 15) is 19.5 Å². The molecule has 0 radical (unpaired) electrons. The van der Waals surface area contributed by atoms with Gasteiger partial charge in [0.1, 0.15) is 10.6 Å². The van der Waals surface area contributed by atoms with E-state index >= 15 is 0 Å². The Morgan fingerprint density at radius 2 is 1.77 bits per heavy atom. The maximum absolute atomic E-state index is 13.0. The van der Waals surface area contributed by atoms with E-state index in [0.717, 1.165) is 16.7 Å². The number of anilines is 1. The molecule has 0 saturated heterocycles. The molecule has 1 aromatic carbocycles. The topological polar surface area (TPSA) is 92.7 Å². The molecule has 2 atom stereocenters. The molecule has 2 N–H and O–H groups in total. The van der Waals surface area contributed by atoms with Crippen LogP contribution in [0.5, 0.6) is 0 Å². The molecule has 1 amide bonds. The number of esters is 1. The van der Waals surface area contributed by atoms with Gasteiger partial charge in [0.15, 0.2) is 0 Å². The summed E-state index contributed by atoms with van der Waals surface area (Å²) in [6, 6.07) is 5.97. The smallest absolute Gasteiger partial charge is 0.342 e. The molecule has 0 saturated carbocycles. The fourth-order valence-electron chi connectivity index (χ4n) is 3.82. The highest BCUT2D eigenvalue weighted by molar-refractivity contribution is 7.15. The van der Waals surface area contributed by atoms with Gasteiger partial charge >= 0.3 is 11.9 Å². The van der Waals surface area contributed by atoms with Crippen molar-refractivity contribution in [2.45, 2.75) is 46.6 Å². The second-order valence-corrected chi connectivity index (χ2v) is 8.99. The van der Waals surface area contributed by atoms with Crippen LogP contribution in [0.3, 0.4) is 0 Å². The van der Waals surface area contributed by atoms with Crippen molar-refractivity contribution in [1.29, 1.82) is 0 Å². The maximum Gasteiger partial charge on any atom is 0.342 e. The Labute approximate surface area is 185 Å². The van der Waals surface area contributed by atoms with E-state index in [1.165, 1.54) is 11.3 Å². The van der Waals surface area contributed by atoms with Crippen molar-refractivity contribution < 1.29 is 24.2 Å². The van der Waals surface area contributed by atoms with Gasteiger partial charge in [0, 0.05) is 10.9 Å².